The average Bonchev–Trinajstić information content (AvgIpc) is 2.85. The fourth-order valence-electron chi connectivity index (χ4n) is 3.35. The highest BCUT2D eigenvalue weighted by molar-refractivity contribution is 6.31. The van der Waals surface area contributed by atoms with Gasteiger partial charge in [-0.1, -0.05) is 43.6 Å². The van der Waals surface area contributed by atoms with E-state index in [1.54, 1.807) is 0 Å². The van der Waals surface area contributed by atoms with Crippen LogP contribution in [0.2, 0.25) is 5.02 Å². The van der Waals surface area contributed by atoms with Gasteiger partial charge in [0.15, 0.2) is 0 Å². The van der Waals surface area contributed by atoms with Gasteiger partial charge in [-0.25, -0.2) is 0 Å². The van der Waals surface area contributed by atoms with Crippen molar-refractivity contribution in [3.63, 3.8) is 0 Å². The first-order chi connectivity index (χ1) is 12.4. The summed E-state index contributed by atoms with van der Waals surface area (Å²) in [5.41, 5.74) is 3.99. The number of hydrogen-bond donors (Lipinski definition) is 1. The summed E-state index contributed by atoms with van der Waals surface area (Å²) in [5.74, 6) is 0.00779. The largest absolute Gasteiger partial charge is 0.354 e. The molecule has 1 atom stereocenters. The lowest BCUT2D eigenvalue weighted by Crippen LogP contribution is -2.38. The predicted octanol–water partition coefficient (Wildman–Crippen LogP) is 3.43. The maximum atomic E-state index is 12.5. The summed E-state index contributed by atoms with van der Waals surface area (Å²) >= 11 is 6.42. The van der Waals surface area contributed by atoms with Crippen molar-refractivity contribution in [1.29, 1.82) is 0 Å². The number of aryl methyl sites for hydroxylation is 2. The van der Waals surface area contributed by atoms with E-state index in [2.05, 4.69) is 29.2 Å². The number of amides is 1. The molecule has 1 heterocycles. The Morgan fingerprint density at radius 3 is 2.46 bits per heavy atom. The minimum Gasteiger partial charge on any atom is -0.354 e. The topological polar surface area (TPSA) is 50.2 Å². The monoisotopic (exact) mass is 376 g/mol. The summed E-state index contributed by atoms with van der Waals surface area (Å²) in [5, 5.41) is 8.21. The van der Waals surface area contributed by atoms with Crippen LogP contribution in [0.1, 0.15) is 42.4 Å². The van der Waals surface area contributed by atoms with E-state index in [0.717, 1.165) is 40.6 Å². The Labute approximate surface area is 161 Å². The van der Waals surface area contributed by atoms with Crippen LogP contribution in [0.3, 0.4) is 0 Å². The summed E-state index contributed by atoms with van der Waals surface area (Å²) in [6, 6.07) is 7.91. The maximum Gasteiger partial charge on any atom is 0.224 e. The lowest BCUT2D eigenvalue weighted by Gasteiger charge is -2.31. The van der Waals surface area contributed by atoms with Crippen molar-refractivity contribution in [1.82, 2.24) is 20.0 Å². The molecule has 1 N–H and O–H groups in total. The Morgan fingerprint density at radius 2 is 1.92 bits per heavy atom. The molecule has 0 aliphatic rings. The third-order valence-electron chi connectivity index (χ3n) is 5.01. The van der Waals surface area contributed by atoms with Crippen molar-refractivity contribution in [2.45, 2.75) is 40.2 Å². The van der Waals surface area contributed by atoms with Gasteiger partial charge in [0.1, 0.15) is 0 Å². The van der Waals surface area contributed by atoms with Crippen molar-refractivity contribution in [3.8, 4) is 0 Å². The van der Waals surface area contributed by atoms with Crippen LogP contribution < -0.4 is 5.32 Å². The van der Waals surface area contributed by atoms with Crippen molar-refractivity contribution in [2.75, 3.05) is 19.6 Å². The van der Waals surface area contributed by atoms with Gasteiger partial charge in [-0.05, 0) is 38.6 Å². The summed E-state index contributed by atoms with van der Waals surface area (Å²) in [7, 11) is 1.90. The van der Waals surface area contributed by atoms with E-state index in [1.807, 2.05) is 49.8 Å². The zero-order valence-corrected chi connectivity index (χ0v) is 17.1. The van der Waals surface area contributed by atoms with Gasteiger partial charge < -0.3 is 5.32 Å². The lowest BCUT2D eigenvalue weighted by molar-refractivity contribution is -0.120. The Hall–Kier alpha value is -1.85. The van der Waals surface area contributed by atoms with Crippen LogP contribution in [-0.2, 0) is 18.3 Å². The predicted molar refractivity (Wildman–Crippen MR) is 107 cm³/mol. The van der Waals surface area contributed by atoms with Gasteiger partial charge in [0, 0.05) is 29.9 Å². The van der Waals surface area contributed by atoms with E-state index in [4.69, 9.17) is 11.6 Å². The standard InChI is InChI=1S/C20H29ClN4O/c1-6-25(7-2)19(16-10-8-9-11-18(16)21)13-22-20(26)12-17-14(3)23-24(5)15(17)4/h8-11,19H,6-7,12-13H2,1-5H3,(H,22,26). The highest BCUT2D eigenvalue weighted by Crippen LogP contribution is 2.27. The van der Waals surface area contributed by atoms with E-state index < -0.39 is 0 Å². The summed E-state index contributed by atoms with van der Waals surface area (Å²) in [6.45, 7) is 10.5. The number of benzene rings is 1. The van der Waals surface area contributed by atoms with Crippen LogP contribution >= 0.6 is 11.6 Å². The van der Waals surface area contributed by atoms with Crippen molar-refractivity contribution >= 4 is 17.5 Å². The average molecular weight is 377 g/mol. The van der Waals surface area contributed by atoms with Crippen LogP contribution in [0.15, 0.2) is 24.3 Å². The molecule has 1 aromatic heterocycles. The van der Waals surface area contributed by atoms with Crippen LogP contribution in [0.5, 0.6) is 0 Å². The third kappa shape index (κ3) is 4.65. The fraction of sp³-hybridized carbons (Fsp3) is 0.500. The van der Waals surface area contributed by atoms with E-state index in [9.17, 15) is 4.79 Å². The molecule has 0 spiro atoms. The van der Waals surface area contributed by atoms with E-state index >= 15 is 0 Å². The molecule has 1 aromatic carbocycles. The molecule has 0 bridgehead atoms. The Bertz CT molecular complexity index is 752. The van der Waals surface area contributed by atoms with Gasteiger partial charge in [-0.3, -0.25) is 14.4 Å². The molecule has 0 fully saturated rings. The number of carbonyl (C=O) groups excluding carboxylic acids is 1. The normalized spacial score (nSPS) is 12.4. The van der Waals surface area contributed by atoms with Crippen LogP contribution in [-0.4, -0.2) is 40.2 Å². The molecule has 0 saturated carbocycles. The first-order valence-corrected chi connectivity index (χ1v) is 9.51. The molecular weight excluding hydrogens is 348 g/mol. The summed E-state index contributed by atoms with van der Waals surface area (Å²) in [4.78, 5) is 14.9. The summed E-state index contributed by atoms with van der Waals surface area (Å²) < 4.78 is 1.82. The number of hydrogen-bond acceptors (Lipinski definition) is 3. The van der Waals surface area contributed by atoms with Crippen LogP contribution in [0, 0.1) is 13.8 Å². The lowest BCUT2D eigenvalue weighted by atomic mass is 10.0. The van der Waals surface area contributed by atoms with Gasteiger partial charge in [-0.2, -0.15) is 5.10 Å². The van der Waals surface area contributed by atoms with Gasteiger partial charge in [-0.15, -0.1) is 0 Å². The molecule has 0 aliphatic carbocycles. The van der Waals surface area contributed by atoms with E-state index in [1.165, 1.54) is 0 Å². The molecule has 2 aromatic rings. The number of likely N-dealkylation sites (N-methyl/N-ethyl adjacent to an activating group) is 1. The van der Waals surface area contributed by atoms with Crippen molar-refractivity contribution in [3.05, 3.63) is 51.8 Å². The molecule has 2 rings (SSSR count). The number of rotatable bonds is 8. The maximum absolute atomic E-state index is 12.5. The molecule has 6 heteroatoms. The number of halogens is 1. The van der Waals surface area contributed by atoms with Gasteiger partial charge in [0.25, 0.3) is 0 Å². The Balaban J connectivity index is 2.11. The van der Waals surface area contributed by atoms with E-state index in [-0.39, 0.29) is 11.9 Å². The van der Waals surface area contributed by atoms with Gasteiger partial charge >= 0.3 is 0 Å². The minimum atomic E-state index is 0.00779. The number of nitrogens with one attached hydrogen (secondary N) is 1. The molecule has 0 aliphatic heterocycles. The minimum absolute atomic E-state index is 0.00779. The SMILES string of the molecule is CCN(CC)C(CNC(=O)Cc1c(C)nn(C)c1C)c1ccccc1Cl. The third-order valence-corrected chi connectivity index (χ3v) is 5.35. The molecule has 0 radical (unpaired) electrons. The summed E-state index contributed by atoms with van der Waals surface area (Å²) in [6.07, 6.45) is 0.346. The molecule has 142 valence electrons. The second-order valence-electron chi connectivity index (χ2n) is 6.51. The Morgan fingerprint density at radius 1 is 1.27 bits per heavy atom. The quantitative estimate of drug-likeness (QED) is 0.767. The zero-order chi connectivity index (χ0) is 19.3. The van der Waals surface area contributed by atoms with Gasteiger partial charge in [0.2, 0.25) is 5.91 Å². The van der Waals surface area contributed by atoms with Gasteiger partial charge in [0.05, 0.1) is 18.2 Å². The highest BCUT2D eigenvalue weighted by Gasteiger charge is 2.21. The molecular formula is C20H29ClN4O. The van der Waals surface area contributed by atoms with Crippen molar-refractivity contribution in [2.24, 2.45) is 7.05 Å². The number of aromatic nitrogens is 2. The van der Waals surface area contributed by atoms with E-state index in [0.29, 0.717) is 13.0 Å². The first-order valence-electron chi connectivity index (χ1n) is 9.13. The Kier molecular flexibility index (Phi) is 7.23. The molecule has 1 unspecified atom stereocenters. The van der Waals surface area contributed by atoms with Crippen LogP contribution in [0.25, 0.3) is 0 Å². The molecule has 26 heavy (non-hydrogen) atoms. The van der Waals surface area contributed by atoms with Crippen molar-refractivity contribution < 1.29 is 4.79 Å². The highest BCUT2D eigenvalue weighted by atomic mass is 35.5. The second kappa shape index (κ2) is 9.19. The smallest absolute Gasteiger partial charge is 0.224 e. The van der Waals surface area contributed by atoms with Crippen LogP contribution in [0.4, 0.5) is 0 Å². The first kappa shape index (κ1) is 20.5. The molecule has 0 saturated heterocycles. The number of nitrogens with zero attached hydrogens (tertiary/aromatic N) is 3. The fourth-order valence-corrected chi connectivity index (χ4v) is 3.61. The second-order valence-corrected chi connectivity index (χ2v) is 6.92. The molecule has 1 amide bonds. The number of carbonyl (C=O) groups is 1. The molecule has 5 nitrogen and oxygen atoms in total. The zero-order valence-electron chi connectivity index (χ0n) is 16.3.